The van der Waals surface area contributed by atoms with Crippen molar-refractivity contribution < 1.29 is 14.3 Å². The topological polar surface area (TPSA) is 35.5 Å². The van der Waals surface area contributed by atoms with Gasteiger partial charge in [-0.25, -0.2) is 4.79 Å². The van der Waals surface area contributed by atoms with Gasteiger partial charge in [0.25, 0.3) is 0 Å². The fourth-order valence-corrected chi connectivity index (χ4v) is 3.19. The van der Waals surface area contributed by atoms with Crippen LogP contribution in [0.4, 0.5) is 0 Å². The van der Waals surface area contributed by atoms with Gasteiger partial charge in [-0.15, -0.1) is 0 Å². The Balaban J connectivity index is 2.18. The number of methoxy groups -OCH3 is 1. The van der Waals surface area contributed by atoms with Crippen LogP contribution in [0.3, 0.4) is 0 Å². The van der Waals surface area contributed by atoms with Crippen molar-refractivity contribution in [1.82, 2.24) is 0 Å². The number of halogens is 1. The van der Waals surface area contributed by atoms with Crippen LogP contribution in [0.1, 0.15) is 19.8 Å². The van der Waals surface area contributed by atoms with E-state index in [1.807, 2.05) is 6.08 Å². The molecular weight excluding hydrogens is 307 g/mol. The highest BCUT2D eigenvalue weighted by Crippen LogP contribution is 2.45. The summed E-state index contributed by atoms with van der Waals surface area (Å²) in [6.07, 6.45) is 3.83. The van der Waals surface area contributed by atoms with Crippen LogP contribution in [-0.2, 0) is 14.3 Å². The minimum Gasteiger partial charge on any atom is -0.466 e. The smallest absolute Gasteiger partial charge is 0.336 e. The van der Waals surface area contributed by atoms with Crippen molar-refractivity contribution in [2.24, 2.45) is 5.92 Å². The highest BCUT2D eigenvalue weighted by atomic mass is 127. The summed E-state index contributed by atoms with van der Waals surface area (Å²) in [5.41, 5.74) is 0.639. The SMILES string of the molecule is COC(=O)C1=CC[C@@H]2C[C@H]1O[C@]2(C)CI. The van der Waals surface area contributed by atoms with Crippen molar-refractivity contribution in [2.75, 3.05) is 11.5 Å². The molecule has 3 atom stereocenters. The molecule has 2 rings (SSSR count). The van der Waals surface area contributed by atoms with Gasteiger partial charge in [0.2, 0.25) is 0 Å². The quantitative estimate of drug-likeness (QED) is 0.444. The van der Waals surface area contributed by atoms with E-state index in [9.17, 15) is 4.79 Å². The Morgan fingerprint density at radius 1 is 1.80 bits per heavy atom. The van der Waals surface area contributed by atoms with Crippen LogP contribution in [-0.4, -0.2) is 29.2 Å². The molecule has 0 amide bonds. The highest BCUT2D eigenvalue weighted by Gasteiger charge is 2.48. The highest BCUT2D eigenvalue weighted by molar-refractivity contribution is 14.1. The summed E-state index contributed by atoms with van der Waals surface area (Å²) in [5.74, 6) is 0.309. The second-order valence-electron chi connectivity index (χ2n) is 4.37. The molecule has 2 bridgehead atoms. The number of alkyl halides is 1. The average molecular weight is 322 g/mol. The van der Waals surface area contributed by atoms with Crippen LogP contribution < -0.4 is 0 Å². The zero-order valence-electron chi connectivity index (χ0n) is 8.96. The third-order valence-corrected chi connectivity index (χ3v) is 4.94. The van der Waals surface area contributed by atoms with E-state index in [2.05, 4.69) is 29.5 Å². The Kier molecular flexibility index (Phi) is 3.07. The number of carbonyl (C=O) groups excluding carboxylic acids is 1. The van der Waals surface area contributed by atoms with E-state index in [0.29, 0.717) is 11.5 Å². The van der Waals surface area contributed by atoms with E-state index in [0.717, 1.165) is 17.3 Å². The lowest BCUT2D eigenvalue weighted by Crippen LogP contribution is -2.33. The Labute approximate surface area is 103 Å². The van der Waals surface area contributed by atoms with Gasteiger partial charge >= 0.3 is 5.97 Å². The molecule has 0 spiro atoms. The standard InChI is InChI=1S/C11H15IO3/c1-11(6-12)7-3-4-8(10(13)14-2)9(5-7)15-11/h4,7,9H,3,5-6H2,1-2H3/t7-,9-,11-/m1/s1. The molecule has 84 valence electrons. The third kappa shape index (κ3) is 1.82. The van der Waals surface area contributed by atoms with Crippen molar-refractivity contribution in [3.8, 4) is 0 Å². The van der Waals surface area contributed by atoms with Crippen molar-refractivity contribution in [1.29, 1.82) is 0 Å². The number of hydrogen-bond donors (Lipinski definition) is 0. The maximum atomic E-state index is 11.5. The van der Waals surface area contributed by atoms with Gasteiger partial charge in [0, 0.05) is 4.43 Å². The Hall–Kier alpha value is -0.100. The average Bonchev–Trinajstić information content (AvgIpc) is 2.51. The van der Waals surface area contributed by atoms with Crippen LogP contribution in [0.25, 0.3) is 0 Å². The molecule has 0 aromatic carbocycles. The summed E-state index contributed by atoms with van der Waals surface area (Å²) in [6, 6.07) is 0. The predicted molar refractivity (Wildman–Crippen MR) is 65.0 cm³/mol. The summed E-state index contributed by atoms with van der Waals surface area (Å²) in [4.78, 5) is 11.5. The first kappa shape index (κ1) is 11.4. The molecular formula is C11H15IO3. The maximum absolute atomic E-state index is 11.5. The van der Waals surface area contributed by atoms with Crippen LogP contribution in [0.5, 0.6) is 0 Å². The normalized spacial score (nSPS) is 38.7. The van der Waals surface area contributed by atoms with E-state index in [4.69, 9.17) is 9.47 Å². The molecule has 1 aliphatic carbocycles. The van der Waals surface area contributed by atoms with E-state index in [1.54, 1.807) is 0 Å². The second-order valence-corrected chi connectivity index (χ2v) is 5.13. The van der Waals surface area contributed by atoms with E-state index >= 15 is 0 Å². The predicted octanol–water partition coefficient (Wildman–Crippen LogP) is 2.09. The van der Waals surface area contributed by atoms with Crippen LogP contribution in [0.15, 0.2) is 11.6 Å². The zero-order chi connectivity index (χ0) is 11.1. The third-order valence-electron chi connectivity index (χ3n) is 3.43. The molecule has 0 N–H and O–H groups in total. The van der Waals surface area contributed by atoms with Gasteiger partial charge in [0.1, 0.15) is 0 Å². The zero-order valence-corrected chi connectivity index (χ0v) is 11.1. The first-order chi connectivity index (χ1) is 7.10. The molecule has 3 nitrogen and oxygen atoms in total. The van der Waals surface area contributed by atoms with Gasteiger partial charge in [-0.1, -0.05) is 28.7 Å². The molecule has 0 saturated carbocycles. The van der Waals surface area contributed by atoms with Gasteiger partial charge in [-0.3, -0.25) is 0 Å². The molecule has 0 aromatic rings. The van der Waals surface area contributed by atoms with Crippen LogP contribution >= 0.6 is 22.6 Å². The monoisotopic (exact) mass is 322 g/mol. The first-order valence-electron chi connectivity index (χ1n) is 5.13. The van der Waals surface area contributed by atoms with Gasteiger partial charge < -0.3 is 9.47 Å². The number of hydrogen-bond acceptors (Lipinski definition) is 3. The lowest BCUT2D eigenvalue weighted by atomic mass is 9.82. The van der Waals surface area contributed by atoms with Crippen LogP contribution in [0, 0.1) is 5.92 Å². The summed E-state index contributed by atoms with van der Waals surface area (Å²) in [7, 11) is 1.42. The Morgan fingerprint density at radius 3 is 3.13 bits per heavy atom. The van der Waals surface area contributed by atoms with Gasteiger partial charge in [-0.2, -0.15) is 0 Å². The molecule has 0 unspecified atom stereocenters. The molecule has 2 aliphatic rings. The Morgan fingerprint density at radius 2 is 2.53 bits per heavy atom. The van der Waals surface area contributed by atoms with Crippen molar-refractivity contribution in [3.63, 3.8) is 0 Å². The molecule has 1 saturated heterocycles. The second kappa shape index (κ2) is 4.05. The number of ether oxygens (including phenoxy) is 2. The van der Waals surface area contributed by atoms with E-state index < -0.39 is 0 Å². The minimum atomic E-state index is -0.240. The number of allylic oxidation sites excluding steroid dienone is 1. The fourth-order valence-electron chi connectivity index (χ4n) is 2.39. The summed E-state index contributed by atoms with van der Waals surface area (Å²) in [6.45, 7) is 2.14. The molecule has 15 heavy (non-hydrogen) atoms. The molecule has 0 radical (unpaired) electrons. The number of rotatable bonds is 2. The summed E-state index contributed by atoms with van der Waals surface area (Å²) in [5, 5.41) is 0. The summed E-state index contributed by atoms with van der Waals surface area (Å²) < 4.78 is 11.7. The van der Waals surface area contributed by atoms with Crippen molar-refractivity contribution in [3.05, 3.63) is 11.6 Å². The molecule has 1 heterocycles. The van der Waals surface area contributed by atoms with Gasteiger partial charge in [-0.05, 0) is 25.7 Å². The number of fused-ring (bicyclic) bond motifs is 2. The van der Waals surface area contributed by atoms with Gasteiger partial charge in [0.15, 0.2) is 0 Å². The molecule has 1 aliphatic heterocycles. The van der Waals surface area contributed by atoms with E-state index in [-0.39, 0.29) is 17.7 Å². The van der Waals surface area contributed by atoms with Crippen LogP contribution in [0.2, 0.25) is 0 Å². The summed E-state index contributed by atoms with van der Waals surface area (Å²) >= 11 is 2.35. The van der Waals surface area contributed by atoms with E-state index in [1.165, 1.54) is 7.11 Å². The maximum Gasteiger partial charge on any atom is 0.336 e. The fraction of sp³-hybridized carbons (Fsp3) is 0.727. The lowest BCUT2D eigenvalue weighted by Gasteiger charge is -2.26. The Bertz CT molecular complexity index is 313. The number of esters is 1. The first-order valence-corrected chi connectivity index (χ1v) is 6.65. The lowest BCUT2D eigenvalue weighted by molar-refractivity contribution is -0.137. The minimum absolute atomic E-state index is 0.0454. The molecule has 0 aromatic heterocycles. The molecule has 1 fully saturated rings. The van der Waals surface area contributed by atoms with Crippen molar-refractivity contribution >= 4 is 28.6 Å². The molecule has 4 heteroatoms. The number of carbonyl (C=O) groups is 1. The van der Waals surface area contributed by atoms with Gasteiger partial charge in [0.05, 0.1) is 24.4 Å². The largest absolute Gasteiger partial charge is 0.466 e. The van der Waals surface area contributed by atoms with Crippen molar-refractivity contribution in [2.45, 2.75) is 31.5 Å².